The number of hydrogen-bond acceptors (Lipinski definition) is 3. The number of aromatic nitrogens is 1. The Morgan fingerprint density at radius 2 is 2.25 bits per heavy atom. The molecule has 0 fully saturated rings. The van der Waals surface area contributed by atoms with Crippen molar-refractivity contribution in [2.75, 3.05) is 5.73 Å². The van der Waals surface area contributed by atoms with Crippen LogP contribution in [0.3, 0.4) is 0 Å². The van der Waals surface area contributed by atoms with Gasteiger partial charge in [0, 0.05) is 21.1 Å². The molecule has 1 aromatic heterocycles. The molecular formula is C12H13BrN2S. The fourth-order valence-electron chi connectivity index (χ4n) is 1.48. The molecule has 16 heavy (non-hydrogen) atoms. The number of rotatable bonds is 3. The minimum absolute atomic E-state index is 0.752. The third kappa shape index (κ3) is 2.44. The molecule has 84 valence electrons. The summed E-state index contributed by atoms with van der Waals surface area (Å²) >= 11 is 5.10. The molecule has 0 amide bonds. The summed E-state index contributed by atoms with van der Waals surface area (Å²) in [6.07, 6.45) is 2.19. The Morgan fingerprint density at radius 1 is 1.44 bits per heavy atom. The normalized spacial score (nSPS) is 10.6. The summed E-state index contributed by atoms with van der Waals surface area (Å²) in [6.45, 7) is 2.17. The Morgan fingerprint density at radius 3 is 2.94 bits per heavy atom. The molecular weight excluding hydrogens is 284 g/mol. The van der Waals surface area contributed by atoms with Crippen molar-refractivity contribution < 1.29 is 0 Å². The van der Waals surface area contributed by atoms with Gasteiger partial charge in [-0.05, 0) is 40.9 Å². The molecule has 1 heterocycles. The highest BCUT2D eigenvalue weighted by molar-refractivity contribution is 9.10. The standard InChI is InChI=1S/C12H13BrN2S/c1-2-3-12-15-11(7-16-12)8-4-5-9(13)10(14)6-8/h4-7H,2-3,14H2,1H3. The number of anilines is 1. The lowest BCUT2D eigenvalue weighted by Crippen LogP contribution is -1.88. The minimum atomic E-state index is 0.752. The predicted octanol–water partition coefficient (Wildman–Crippen LogP) is 4.11. The Balaban J connectivity index is 2.31. The lowest BCUT2D eigenvalue weighted by Gasteiger charge is -2.01. The van der Waals surface area contributed by atoms with Gasteiger partial charge in [0.25, 0.3) is 0 Å². The van der Waals surface area contributed by atoms with Crippen LogP contribution in [0.25, 0.3) is 11.3 Å². The Kier molecular flexibility index (Phi) is 3.61. The highest BCUT2D eigenvalue weighted by atomic mass is 79.9. The first kappa shape index (κ1) is 11.6. The van der Waals surface area contributed by atoms with Crippen LogP contribution in [0, 0.1) is 0 Å². The summed E-state index contributed by atoms with van der Waals surface area (Å²) in [5, 5.41) is 3.28. The van der Waals surface area contributed by atoms with Gasteiger partial charge in [0.1, 0.15) is 0 Å². The third-order valence-electron chi connectivity index (χ3n) is 2.31. The van der Waals surface area contributed by atoms with Gasteiger partial charge < -0.3 is 5.73 Å². The molecule has 0 saturated heterocycles. The average Bonchev–Trinajstić information content (AvgIpc) is 2.71. The van der Waals surface area contributed by atoms with Crippen molar-refractivity contribution >= 4 is 33.0 Å². The van der Waals surface area contributed by atoms with Gasteiger partial charge in [-0.25, -0.2) is 4.98 Å². The largest absolute Gasteiger partial charge is 0.398 e. The predicted molar refractivity (Wildman–Crippen MR) is 73.7 cm³/mol. The van der Waals surface area contributed by atoms with Crippen LogP contribution in [0.4, 0.5) is 5.69 Å². The van der Waals surface area contributed by atoms with Crippen molar-refractivity contribution in [3.05, 3.63) is 33.1 Å². The number of hydrogen-bond donors (Lipinski definition) is 1. The number of nitrogen functional groups attached to an aromatic ring is 1. The van der Waals surface area contributed by atoms with E-state index in [1.165, 1.54) is 5.01 Å². The molecule has 0 aliphatic carbocycles. The first-order valence-corrected chi connectivity index (χ1v) is 6.87. The number of nitrogens with zero attached hydrogens (tertiary/aromatic N) is 1. The van der Waals surface area contributed by atoms with Gasteiger partial charge in [0.05, 0.1) is 10.7 Å². The van der Waals surface area contributed by atoms with E-state index in [9.17, 15) is 0 Å². The van der Waals surface area contributed by atoms with Crippen LogP contribution in [0.5, 0.6) is 0 Å². The van der Waals surface area contributed by atoms with Gasteiger partial charge in [-0.2, -0.15) is 0 Å². The zero-order valence-electron chi connectivity index (χ0n) is 9.03. The Bertz CT molecular complexity index is 494. The average molecular weight is 297 g/mol. The summed E-state index contributed by atoms with van der Waals surface area (Å²) < 4.78 is 0.931. The number of aryl methyl sites for hydroxylation is 1. The molecule has 1 aromatic carbocycles. The molecule has 2 aromatic rings. The van der Waals surface area contributed by atoms with Gasteiger partial charge in [-0.3, -0.25) is 0 Å². The topological polar surface area (TPSA) is 38.9 Å². The van der Waals surface area contributed by atoms with Crippen molar-refractivity contribution in [1.82, 2.24) is 4.98 Å². The molecule has 0 atom stereocenters. The number of thiazole rings is 1. The van der Waals surface area contributed by atoms with Crippen molar-refractivity contribution in [3.8, 4) is 11.3 Å². The van der Waals surface area contributed by atoms with Crippen LogP contribution in [0.15, 0.2) is 28.1 Å². The summed E-state index contributed by atoms with van der Waals surface area (Å²) in [5.41, 5.74) is 8.71. The molecule has 0 radical (unpaired) electrons. The van der Waals surface area contributed by atoms with Crippen molar-refractivity contribution in [2.24, 2.45) is 0 Å². The molecule has 0 spiro atoms. The molecule has 2 nitrogen and oxygen atoms in total. The first-order valence-electron chi connectivity index (χ1n) is 5.20. The highest BCUT2D eigenvalue weighted by Gasteiger charge is 2.05. The van der Waals surface area contributed by atoms with Crippen molar-refractivity contribution in [1.29, 1.82) is 0 Å². The van der Waals surface area contributed by atoms with Crippen LogP contribution in [0.1, 0.15) is 18.4 Å². The SMILES string of the molecule is CCCc1nc(-c2ccc(Br)c(N)c2)cs1. The van der Waals surface area contributed by atoms with E-state index in [4.69, 9.17) is 5.73 Å². The van der Waals surface area contributed by atoms with Crippen LogP contribution in [-0.2, 0) is 6.42 Å². The molecule has 2 rings (SSSR count). The number of nitrogens with two attached hydrogens (primary N) is 1. The van der Waals surface area contributed by atoms with Gasteiger partial charge in [0.2, 0.25) is 0 Å². The maximum atomic E-state index is 5.85. The number of benzene rings is 1. The summed E-state index contributed by atoms with van der Waals surface area (Å²) in [4.78, 5) is 4.59. The van der Waals surface area contributed by atoms with Gasteiger partial charge in [0.15, 0.2) is 0 Å². The van der Waals surface area contributed by atoms with E-state index in [2.05, 4.69) is 33.2 Å². The van der Waals surface area contributed by atoms with E-state index in [0.29, 0.717) is 0 Å². The molecule has 0 bridgehead atoms. The second-order valence-electron chi connectivity index (χ2n) is 3.61. The minimum Gasteiger partial charge on any atom is -0.398 e. The second kappa shape index (κ2) is 4.97. The summed E-state index contributed by atoms with van der Waals surface area (Å²) in [7, 11) is 0. The van der Waals surface area contributed by atoms with E-state index in [1.54, 1.807) is 11.3 Å². The molecule has 0 unspecified atom stereocenters. The van der Waals surface area contributed by atoms with Crippen LogP contribution >= 0.6 is 27.3 Å². The zero-order valence-corrected chi connectivity index (χ0v) is 11.4. The summed E-state index contributed by atoms with van der Waals surface area (Å²) in [5.74, 6) is 0. The quantitative estimate of drug-likeness (QED) is 0.866. The van der Waals surface area contributed by atoms with Gasteiger partial charge >= 0.3 is 0 Å². The smallest absolute Gasteiger partial charge is 0.0932 e. The molecule has 0 aliphatic heterocycles. The monoisotopic (exact) mass is 296 g/mol. The van der Waals surface area contributed by atoms with E-state index in [1.807, 2.05) is 18.2 Å². The van der Waals surface area contributed by atoms with E-state index in [0.717, 1.165) is 34.3 Å². The highest BCUT2D eigenvalue weighted by Crippen LogP contribution is 2.28. The lowest BCUT2D eigenvalue weighted by molar-refractivity contribution is 0.910. The number of halogens is 1. The Hall–Kier alpha value is -0.870. The Labute approximate surface area is 108 Å². The molecule has 0 saturated carbocycles. The van der Waals surface area contributed by atoms with Crippen LogP contribution < -0.4 is 5.73 Å². The zero-order chi connectivity index (χ0) is 11.5. The van der Waals surface area contributed by atoms with E-state index in [-0.39, 0.29) is 0 Å². The van der Waals surface area contributed by atoms with Crippen molar-refractivity contribution in [3.63, 3.8) is 0 Å². The van der Waals surface area contributed by atoms with Gasteiger partial charge in [-0.1, -0.05) is 13.0 Å². The fraction of sp³-hybridized carbons (Fsp3) is 0.250. The fourth-order valence-corrected chi connectivity index (χ4v) is 2.63. The van der Waals surface area contributed by atoms with E-state index < -0.39 is 0 Å². The van der Waals surface area contributed by atoms with Crippen molar-refractivity contribution in [2.45, 2.75) is 19.8 Å². The lowest BCUT2D eigenvalue weighted by atomic mass is 10.1. The first-order chi connectivity index (χ1) is 7.70. The summed E-state index contributed by atoms with van der Waals surface area (Å²) in [6, 6.07) is 5.95. The molecule has 2 N–H and O–H groups in total. The molecule has 4 heteroatoms. The van der Waals surface area contributed by atoms with Crippen LogP contribution in [0.2, 0.25) is 0 Å². The van der Waals surface area contributed by atoms with E-state index >= 15 is 0 Å². The third-order valence-corrected chi connectivity index (χ3v) is 3.94. The van der Waals surface area contributed by atoms with Gasteiger partial charge in [-0.15, -0.1) is 11.3 Å². The maximum Gasteiger partial charge on any atom is 0.0932 e. The second-order valence-corrected chi connectivity index (χ2v) is 5.41. The van der Waals surface area contributed by atoms with Crippen LogP contribution in [-0.4, -0.2) is 4.98 Å². The molecule has 0 aliphatic rings. The maximum absolute atomic E-state index is 5.85.